The third kappa shape index (κ3) is 5.92. The Bertz CT molecular complexity index is 710. The molecule has 0 aliphatic heterocycles. The Kier molecular flexibility index (Phi) is 7.73. The lowest BCUT2D eigenvalue weighted by atomic mass is 10.0. The number of hydrogen-bond acceptors (Lipinski definition) is 4. The highest BCUT2D eigenvalue weighted by Crippen LogP contribution is 2.29. The molecule has 1 aromatic carbocycles. The number of nitrogens with one attached hydrogen (secondary N) is 1. The third-order valence-electron chi connectivity index (χ3n) is 3.90. The Morgan fingerprint density at radius 2 is 2.12 bits per heavy atom. The van der Waals surface area contributed by atoms with Gasteiger partial charge >= 0.3 is 0 Å². The van der Waals surface area contributed by atoms with Crippen LogP contribution in [0.15, 0.2) is 48.4 Å². The average molecular weight is 374 g/mol. The minimum absolute atomic E-state index is 0.0166. The topological polar surface area (TPSA) is 47.6 Å². The summed E-state index contributed by atoms with van der Waals surface area (Å²) in [5.41, 5.74) is 1.09. The van der Waals surface area contributed by atoms with E-state index in [0.29, 0.717) is 17.4 Å². The van der Waals surface area contributed by atoms with E-state index in [9.17, 15) is 4.79 Å². The molecule has 0 fully saturated rings. The second-order valence-electron chi connectivity index (χ2n) is 6.53. The fraction of sp³-hybridized carbons (Fsp3) is 0.381. The number of carbonyl (C=O) groups is 1. The van der Waals surface area contributed by atoms with Crippen molar-refractivity contribution >= 4 is 17.2 Å². The van der Waals surface area contributed by atoms with E-state index in [-0.39, 0.29) is 18.6 Å². The summed E-state index contributed by atoms with van der Waals surface area (Å²) in [5, 5.41) is 5.11. The van der Waals surface area contributed by atoms with Gasteiger partial charge in [0.15, 0.2) is 18.1 Å². The standard InChI is InChI=1S/C21H27NO3S/c1-5-7-16-9-10-18(19(13-16)24-4)25-14-21(23)22-17(12-15(2)3)20-8-6-11-26-20/h5-6,8-11,13,15,17H,1,7,12,14H2,2-4H3,(H,22,23). The number of rotatable bonds is 10. The van der Waals surface area contributed by atoms with Crippen LogP contribution in [0.2, 0.25) is 0 Å². The SMILES string of the molecule is C=CCc1ccc(OCC(=O)NC(CC(C)C)c2cccs2)c(OC)c1. The minimum Gasteiger partial charge on any atom is -0.493 e. The Morgan fingerprint density at radius 3 is 2.73 bits per heavy atom. The van der Waals surface area contributed by atoms with E-state index >= 15 is 0 Å². The smallest absolute Gasteiger partial charge is 0.258 e. The summed E-state index contributed by atoms with van der Waals surface area (Å²) in [5.74, 6) is 1.53. The third-order valence-corrected chi connectivity index (χ3v) is 4.88. The number of methoxy groups -OCH3 is 1. The molecular weight excluding hydrogens is 346 g/mol. The number of benzene rings is 1. The van der Waals surface area contributed by atoms with Gasteiger partial charge in [0.05, 0.1) is 13.2 Å². The van der Waals surface area contributed by atoms with Crippen molar-refractivity contribution < 1.29 is 14.3 Å². The lowest BCUT2D eigenvalue weighted by Crippen LogP contribution is -2.33. The van der Waals surface area contributed by atoms with Crippen LogP contribution in [0.5, 0.6) is 11.5 Å². The normalized spacial score (nSPS) is 11.8. The summed E-state index contributed by atoms with van der Waals surface area (Å²) >= 11 is 1.66. The lowest BCUT2D eigenvalue weighted by Gasteiger charge is -2.20. The second kappa shape index (κ2) is 10.0. The van der Waals surface area contributed by atoms with Gasteiger partial charge in [0, 0.05) is 4.88 Å². The number of thiophene rings is 1. The molecule has 1 atom stereocenters. The highest BCUT2D eigenvalue weighted by atomic mass is 32.1. The maximum Gasteiger partial charge on any atom is 0.258 e. The molecule has 1 amide bonds. The van der Waals surface area contributed by atoms with Crippen LogP contribution in [0.1, 0.15) is 36.8 Å². The molecule has 0 aliphatic rings. The van der Waals surface area contributed by atoms with Crippen molar-refractivity contribution in [1.29, 1.82) is 0 Å². The molecule has 0 spiro atoms. The Balaban J connectivity index is 1.97. The van der Waals surface area contributed by atoms with Gasteiger partial charge in [-0.1, -0.05) is 32.1 Å². The van der Waals surface area contributed by atoms with Crippen LogP contribution >= 0.6 is 11.3 Å². The molecule has 0 saturated heterocycles. The maximum absolute atomic E-state index is 12.4. The van der Waals surface area contributed by atoms with Crippen LogP contribution in [-0.2, 0) is 11.2 Å². The van der Waals surface area contributed by atoms with Gasteiger partial charge in [-0.25, -0.2) is 0 Å². The maximum atomic E-state index is 12.4. The van der Waals surface area contributed by atoms with E-state index in [2.05, 4.69) is 31.8 Å². The summed E-state index contributed by atoms with van der Waals surface area (Å²) in [4.78, 5) is 13.6. The molecule has 0 radical (unpaired) electrons. The molecule has 140 valence electrons. The zero-order chi connectivity index (χ0) is 18.9. The summed E-state index contributed by atoms with van der Waals surface area (Å²) in [6, 6.07) is 9.76. The predicted molar refractivity (Wildman–Crippen MR) is 107 cm³/mol. The highest BCUT2D eigenvalue weighted by molar-refractivity contribution is 7.10. The van der Waals surface area contributed by atoms with E-state index in [1.165, 1.54) is 4.88 Å². The number of carbonyl (C=O) groups excluding carboxylic acids is 1. The Hall–Kier alpha value is -2.27. The van der Waals surface area contributed by atoms with Gasteiger partial charge in [0.25, 0.3) is 5.91 Å². The number of hydrogen-bond donors (Lipinski definition) is 1. The number of amides is 1. The molecule has 2 rings (SSSR count). The molecule has 1 heterocycles. The molecule has 5 heteroatoms. The Morgan fingerprint density at radius 1 is 1.31 bits per heavy atom. The second-order valence-corrected chi connectivity index (χ2v) is 7.51. The van der Waals surface area contributed by atoms with Crippen molar-refractivity contribution in [2.75, 3.05) is 13.7 Å². The zero-order valence-electron chi connectivity index (χ0n) is 15.7. The van der Waals surface area contributed by atoms with Gasteiger partial charge in [-0.3, -0.25) is 4.79 Å². The van der Waals surface area contributed by atoms with Crippen LogP contribution < -0.4 is 14.8 Å². The first kappa shape index (κ1) is 20.0. The van der Waals surface area contributed by atoms with Crippen molar-refractivity contribution in [3.63, 3.8) is 0 Å². The summed E-state index contributed by atoms with van der Waals surface area (Å²) in [6.45, 7) is 8.00. The first-order chi connectivity index (χ1) is 12.5. The molecule has 1 unspecified atom stereocenters. The molecule has 4 nitrogen and oxygen atoms in total. The molecule has 1 aromatic heterocycles. The van der Waals surface area contributed by atoms with Gasteiger partial charge in [0.2, 0.25) is 0 Å². The van der Waals surface area contributed by atoms with E-state index in [0.717, 1.165) is 18.4 Å². The van der Waals surface area contributed by atoms with Gasteiger partial charge in [-0.15, -0.1) is 17.9 Å². The van der Waals surface area contributed by atoms with Crippen molar-refractivity contribution in [1.82, 2.24) is 5.32 Å². The largest absolute Gasteiger partial charge is 0.493 e. The zero-order valence-corrected chi connectivity index (χ0v) is 16.5. The fourth-order valence-electron chi connectivity index (χ4n) is 2.71. The van der Waals surface area contributed by atoms with Crippen molar-refractivity contribution in [2.24, 2.45) is 5.92 Å². The van der Waals surface area contributed by atoms with E-state index in [1.807, 2.05) is 35.7 Å². The van der Waals surface area contributed by atoms with Gasteiger partial charge in [-0.2, -0.15) is 0 Å². The quantitative estimate of drug-likeness (QED) is 0.610. The molecule has 0 bridgehead atoms. The minimum atomic E-state index is -0.138. The molecule has 0 saturated carbocycles. The van der Waals surface area contributed by atoms with Crippen LogP contribution in [0, 0.1) is 5.92 Å². The van der Waals surface area contributed by atoms with Gasteiger partial charge < -0.3 is 14.8 Å². The average Bonchev–Trinajstić information content (AvgIpc) is 3.14. The van der Waals surface area contributed by atoms with Crippen molar-refractivity contribution in [3.05, 3.63) is 58.8 Å². The summed E-state index contributed by atoms with van der Waals surface area (Å²) in [7, 11) is 1.59. The van der Waals surface area contributed by atoms with Gasteiger partial charge in [-0.05, 0) is 47.9 Å². The van der Waals surface area contributed by atoms with Crippen molar-refractivity contribution in [2.45, 2.75) is 32.7 Å². The first-order valence-corrected chi connectivity index (χ1v) is 9.64. The van der Waals surface area contributed by atoms with Crippen LogP contribution in [0.4, 0.5) is 0 Å². The van der Waals surface area contributed by atoms with Crippen molar-refractivity contribution in [3.8, 4) is 11.5 Å². The Labute approximate surface area is 159 Å². The molecule has 2 aromatic rings. The molecular formula is C21H27NO3S. The highest BCUT2D eigenvalue weighted by Gasteiger charge is 2.18. The predicted octanol–water partition coefficient (Wildman–Crippen LogP) is 4.77. The van der Waals surface area contributed by atoms with E-state index in [4.69, 9.17) is 9.47 Å². The van der Waals surface area contributed by atoms with Crippen LogP contribution in [-0.4, -0.2) is 19.6 Å². The van der Waals surface area contributed by atoms with E-state index < -0.39 is 0 Å². The van der Waals surface area contributed by atoms with Gasteiger partial charge in [0.1, 0.15) is 0 Å². The summed E-state index contributed by atoms with van der Waals surface area (Å²) < 4.78 is 11.1. The monoisotopic (exact) mass is 373 g/mol. The lowest BCUT2D eigenvalue weighted by molar-refractivity contribution is -0.123. The number of ether oxygens (including phenoxy) is 2. The van der Waals surface area contributed by atoms with E-state index in [1.54, 1.807) is 18.4 Å². The molecule has 26 heavy (non-hydrogen) atoms. The number of allylic oxidation sites excluding steroid dienone is 1. The van der Waals surface area contributed by atoms with Crippen LogP contribution in [0.3, 0.4) is 0 Å². The molecule has 0 aliphatic carbocycles. The molecule has 1 N–H and O–H groups in total. The first-order valence-electron chi connectivity index (χ1n) is 8.76. The fourth-order valence-corrected chi connectivity index (χ4v) is 3.50. The van der Waals surface area contributed by atoms with Crippen LogP contribution in [0.25, 0.3) is 0 Å². The summed E-state index contributed by atoms with van der Waals surface area (Å²) in [6.07, 6.45) is 3.49.